The fourth-order valence-corrected chi connectivity index (χ4v) is 13.9. The third-order valence-corrected chi connectivity index (χ3v) is 17.6. The van der Waals surface area contributed by atoms with Gasteiger partial charge in [-0.1, -0.05) is 193 Å². The van der Waals surface area contributed by atoms with E-state index in [-0.39, 0.29) is 10.8 Å². The quantitative estimate of drug-likeness (QED) is 0.169. The van der Waals surface area contributed by atoms with Crippen LogP contribution >= 0.6 is 0 Å². The molecule has 5 aromatic heterocycles. The summed E-state index contributed by atoms with van der Waals surface area (Å²) < 4.78 is 12.5. The minimum atomic E-state index is -0.124. The van der Waals surface area contributed by atoms with Crippen molar-refractivity contribution in [3.05, 3.63) is 234 Å². The second kappa shape index (κ2) is 17.1. The molecular formula is C75H58N6. The van der Waals surface area contributed by atoms with Crippen LogP contribution in [0.5, 0.6) is 0 Å². The first-order valence-electron chi connectivity index (χ1n) is 28.5. The van der Waals surface area contributed by atoms with Gasteiger partial charge in [-0.2, -0.15) is 5.26 Å². The predicted molar refractivity (Wildman–Crippen MR) is 340 cm³/mol. The molecule has 5 heterocycles. The third kappa shape index (κ3) is 6.61. The highest BCUT2D eigenvalue weighted by atomic mass is 15.2. The Morgan fingerprint density at radius 1 is 0.309 bits per heavy atom. The lowest BCUT2D eigenvalue weighted by molar-refractivity contribution is 0.590. The van der Waals surface area contributed by atoms with E-state index in [2.05, 4.69) is 289 Å². The van der Waals surface area contributed by atoms with E-state index in [0.29, 0.717) is 5.56 Å². The zero-order chi connectivity index (χ0) is 54.6. The molecule has 0 N–H and O–H groups in total. The van der Waals surface area contributed by atoms with Gasteiger partial charge in [0.2, 0.25) is 0 Å². The molecule has 16 rings (SSSR count). The number of hydrogen-bond donors (Lipinski definition) is 0. The van der Waals surface area contributed by atoms with Crippen LogP contribution in [0.1, 0.15) is 71.1 Å². The molecule has 0 fully saturated rings. The first-order valence-corrected chi connectivity index (χ1v) is 28.5. The molecule has 6 nitrogen and oxygen atoms in total. The summed E-state index contributed by atoms with van der Waals surface area (Å²) in [5, 5.41) is 25.8. The summed E-state index contributed by atoms with van der Waals surface area (Å²) in [6.45, 7) is 13.9. The Balaban J connectivity index is 1.30. The number of para-hydroxylation sites is 7. The highest BCUT2D eigenvalue weighted by Crippen LogP contribution is 2.51. The Hall–Kier alpha value is -9.83. The Morgan fingerprint density at radius 3 is 0.938 bits per heavy atom. The molecule has 0 saturated heterocycles. The Kier molecular flexibility index (Phi) is 9.96. The highest BCUT2D eigenvalue weighted by molar-refractivity contribution is 6.16. The van der Waals surface area contributed by atoms with Crippen molar-refractivity contribution in [3.8, 4) is 34.5 Å². The van der Waals surface area contributed by atoms with E-state index < -0.39 is 0 Å². The molecule has 0 atom stereocenters. The molecule has 0 amide bonds. The maximum Gasteiger partial charge on any atom is 0.105 e. The second-order valence-electron chi connectivity index (χ2n) is 24.3. The number of aromatic nitrogens is 5. The van der Waals surface area contributed by atoms with Gasteiger partial charge < -0.3 is 22.8 Å². The standard InChI is InChI=1S/C75H58N6/c1-74(2,3)46-39-41-67-56(43-46)57-44-47(75(4,5)6)40-42-68(57)81(67)72-70(78-61-33-17-9-25-50(61)51-26-10-18-34-62(51)78)58(45-76)69(77-59-31-15-7-23-48(59)49-24-8-16-32-60(49)77)71(79-63-35-19-11-27-52(63)53-28-12-20-36-64(53)79)73(72)80-65-37-21-13-29-54(65)55-30-14-22-38-66(55)80/h7-13,15-21,23-44H,14,22H2,1-6H3. The molecule has 6 heteroatoms. The topological polar surface area (TPSA) is 48.4 Å². The number of fused-ring (bicyclic) bond motifs is 15. The van der Waals surface area contributed by atoms with Gasteiger partial charge in [-0.15, -0.1) is 0 Å². The van der Waals surface area contributed by atoms with Crippen LogP contribution in [0.2, 0.25) is 0 Å². The number of benzene rings is 10. The third-order valence-electron chi connectivity index (χ3n) is 17.6. The van der Waals surface area contributed by atoms with Gasteiger partial charge in [0.1, 0.15) is 11.6 Å². The van der Waals surface area contributed by atoms with E-state index in [0.717, 1.165) is 129 Å². The van der Waals surface area contributed by atoms with Gasteiger partial charge in [0.15, 0.2) is 0 Å². The van der Waals surface area contributed by atoms with E-state index in [9.17, 15) is 5.26 Å². The van der Waals surface area contributed by atoms with Crippen molar-refractivity contribution in [1.29, 1.82) is 5.26 Å². The number of rotatable bonds is 5. The summed E-state index contributed by atoms with van der Waals surface area (Å²) in [4.78, 5) is 0. The molecule has 0 saturated carbocycles. The lowest BCUT2D eigenvalue weighted by Crippen LogP contribution is -2.32. The van der Waals surface area contributed by atoms with Crippen molar-refractivity contribution < 1.29 is 0 Å². The molecule has 388 valence electrons. The Morgan fingerprint density at radius 2 is 0.593 bits per heavy atom. The molecule has 0 aliphatic heterocycles. The molecular weight excluding hydrogens is 985 g/mol. The van der Waals surface area contributed by atoms with Gasteiger partial charge in [0.25, 0.3) is 0 Å². The molecule has 1 aliphatic rings. The lowest BCUT2D eigenvalue weighted by atomic mass is 9.85. The summed E-state index contributed by atoms with van der Waals surface area (Å²) in [6.07, 6.45) is 6.74. The molecule has 1 aliphatic carbocycles. The van der Waals surface area contributed by atoms with E-state index >= 15 is 0 Å². The van der Waals surface area contributed by atoms with Gasteiger partial charge in [-0.25, -0.2) is 0 Å². The van der Waals surface area contributed by atoms with E-state index in [1.54, 1.807) is 0 Å². The van der Waals surface area contributed by atoms with Crippen LogP contribution in [0.25, 0.3) is 139 Å². The molecule has 0 bridgehead atoms. The first kappa shape index (κ1) is 47.2. The van der Waals surface area contributed by atoms with Crippen LogP contribution < -0.4 is 10.6 Å². The number of nitriles is 1. The smallest absolute Gasteiger partial charge is 0.105 e. The highest BCUT2D eigenvalue weighted by Gasteiger charge is 2.36. The van der Waals surface area contributed by atoms with Crippen molar-refractivity contribution in [2.75, 3.05) is 0 Å². The van der Waals surface area contributed by atoms with Gasteiger partial charge in [0.05, 0.1) is 78.1 Å². The second-order valence-corrected chi connectivity index (χ2v) is 24.3. The molecule has 81 heavy (non-hydrogen) atoms. The maximum atomic E-state index is 13.1. The van der Waals surface area contributed by atoms with Crippen LogP contribution in [0.4, 0.5) is 0 Å². The van der Waals surface area contributed by atoms with E-state index in [1.165, 1.54) is 32.5 Å². The summed E-state index contributed by atoms with van der Waals surface area (Å²) >= 11 is 0. The summed E-state index contributed by atoms with van der Waals surface area (Å²) in [6, 6.07) is 79.2. The van der Waals surface area contributed by atoms with Gasteiger partial charge in [0, 0.05) is 59.0 Å². The summed E-state index contributed by atoms with van der Waals surface area (Å²) in [7, 11) is 0. The zero-order valence-electron chi connectivity index (χ0n) is 46.4. The van der Waals surface area contributed by atoms with Gasteiger partial charge in [-0.3, -0.25) is 0 Å². The molecule has 0 spiro atoms. The number of hydrogen-bond acceptors (Lipinski definition) is 1. The van der Waals surface area contributed by atoms with Gasteiger partial charge >= 0.3 is 0 Å². The maximum absolute atomic E-state index is 13.1. The van der Waals surface area contributed by atoms with Crippen molar-refractivity contribution in [3.63, 3.8) is 0 Å². The predicted octanol–water partition coefficient (Wildman–Crippen LogP) is 17.8. The van der Waals surface area contributed by atoms with Crippen molar-refractivity contribution in [1.82, 2.24) is 22.8 Å². The minimum Gasteiger partial charge on any atom is -0.306 e. The monoisotopic (exact) mass is 1040 g/mol. The van der Waals surface area contributed by atoms with Crippen molar-refractivity contribution in [2.24, 2.45) is 0 Å². The molecule has 0 unspecified atom stereocenters. The molecule has 15 aromatic rings. The van der Waals surface area contributed by atoms with Crippen LogP contribution in [-0.2, 0) is 10.8 Å². The zero-order valence-corrected chi connectivity index (χ0v) is 46.4. The lowest BCUT2D eigenvalue weighted by Gasteiger charge is -2.30. The first-order chi connectivity index (χ1) is 39.5. The van der Waals surface area contributed by atoms with Crippen molar-refractivity contribution in [2.45, 2.75) is 65.2 Å². The summed E-state index contributed by atoms with van der Waals surface area (Å²) in [5.41, 5.74) is 16.6. The van der Waals surface area contributed by atoms with Crippen LogP contribution in [0, 0.1) is 11.3 Å². The van der Waals surface area contributed by atoms with Gasteiger partial charge in [-0.05, 0) is 102 Å². The normalized spacial score (nSPS) is 13.1. The van der Waals surface area contributed by atoms with E-state index in [1.807, 2.05) is 0 Å². The SMILES string of the molecule is CC(C)(C)c1ccc2c(c1)c1cc(C(C)(C)C)ccc1n2-c1c(-n2c3c(c4ccccc42)=CCCC=3)c(-n2c3ccccc3c3ccccc32)c(-n2c3ccccc3c3ccccc32)c(C#N)c1-n1c2ccccc2c2ccccc21. The Labute approximate surface area is 469 Å². The minimum absolute atomic E-state index is 0.124. The average molecular weight is 1040 g/mol. The Bertz CT molecular complexity index is 5160. The van der Waals surface area contributed by atoms with Crippen LogP contribution in [0.15, 0.2) is 206 Å². The average Bonchev–Trinajstić information content (AvgIpc) is 4.31. The molecule has 10 aromatic carbocycles. The van der Waals surface area contributed by atoms with Crippen LogP contribution in [0.3, 0.4) is 0 Å². The molecule has 0 radical (unpaired) electrons. The summed E-state index contributed by atoms with van der Waals surface area (Å²) in [5.74, 6) is 0. The van der Waals surface area contributed by atoms with E-state index in [4.69, 9.17) is 0 Å². The largest absolute Gasteiger partial charge is 0.306 e. The fraction of sp³-hybridized carbons (Fsp3) is 0.133. The van der Waals surface area contributed by atoms with Crippen LogP contribution in [-0.4, -0.2) is 22.8 Å². The van der Waals surface area contributed by atoms with Crippen molar-refractivity contribution >= 4 is 110 Å². The number of nitrogens with zero attached hydrogens (tertiary/aromatic N) is 6. The fourth-order valence-electron chi connectivity index (χ4n) is 13.9.